The van der Waals surface area contributed by atoms with Crippen molar-refractivity contribution in [1.29, 1.82) is 0 Å². The minimum atomic E-state index is 0. The average Bonchev–Trinajstić information content (AvgIpc) is 2.48. The second-order valence-corrected chi connectivity index (χ2v) is 6.09. The number of piperidine rings is 1. The Kier molecular flexibility index (Phi) is 8.46. The van der Waals surface area contributed by atoms with E-state index in [1.807, 2.05) is 0 Å². The molecule has 0 aromatic heterocycles. The summed E-state index contributed by atoms with van der Waals surface area (Å²) in [5, 5.41) is 2.90. The Morgan fingerprint density at radius 3 is 2.68 bits per heavy atom. The Balaban J connectivity index is 0.00000242. The minimum absolute atomic E-state index is 0. The molecule has 0 atom stereocenters. The van der Waals surface area contributed by atoms with Gasteiger partial charge in [-0.05, 0) is 43.0 Å². The van der Waals surface area contributed by atoms with Gasteiger partial charge in [0, 0.05) is 26.1 Å². The van der Waals surface area contributed by atoms with Crippen LogP contribution in [0.5, 0.6) is 0 Å². The molecular formula is C17H28ClN3O. The Bertz CT molecular complexity index is 459. The third-order valence-electron chi connectivity index (χ3n) is 4.13. The van der Waals surface area contributed by atoms with Crippen LogP contribution in [0.2, 0.25) is 0 Å². The Morgan fingerprint density at radius 1 is 1.32 bits per heavy atom. The maximum Gasteiger partial charge on any atom is 0.221 e. The molecule has 1 saturated heterocycles. The second kappa shape index (κ2) is 9.82. The summed E-state index contributed by atoms with van der Waals surface area (Å²) >= 11 is 0. The fraction of sp³-hybridized carbons (Fsp3) is 0.588. The summed E-state index contributed by atoms with van der Waals surface area (Å²) in [5.41, 5.74) is 7.85. The van der Waals surface area contributed by atoms with Crippen LogP contribution < -0.4 is 11.1 Å². The van der Waals surface area contributed by atoms with Gasteiger partial charge in [0.05, 0.1) is 0 Å². The van der Waals surface area contributed by atoms with E-state index in [-0.39, 0.29) is 18.3 Å². The summed E-state index contributed by atoms with van der Waals surface area (Å²) in [7, 11) is 0. The molecule has 0 unspecified atom stereocenters. The van der Waals surface area contributed by atoms with Crippen molar-refractivity contribution in [3.05, 3.63) is 35.4 Å². The molecule has 1 fully saturated rings. The standard InChI is InChI=1S/C17H27N3O.ClH/c1-14-6-9-20(10-7-14)13-16-4-2-3-15(11-16)12-19-17(21)5-8-18;/h2-4,11,14H,5-10,12-13,18H2,1H3,(H,19,21);1H. The fourth-order valence-electron chi connectivity index (χ4n) is 2.74. The highest BCUT2D eigenvalue weighted by Gasteiger charge is 2.15. The van der Waals surface area contributed by atoms with Gasteiger partial charge in [-0.15, -0.1) is 12.4 Å². The zero-order valence-electron chi connectivity index (χ0n) is 13.4. The molecule has 22 heavy (non-hydrogen) atoms. The van der Waals surface area contributed by atoms with E-state index in [1.54, 1.807) is 0 Å². The van der Waals surface area contributed by atoms with Crippen LogP contribution in [-0.4, -0.2) is 30.4 Å². The topological polar surface area (TPSA) is 58.4 Å². The maximum absolute atomic E-state index is 11.4. The molecule has 5 heteroatoms. The van der Waals surface area contributed by atoms with Gasteiger partial charge in [0.15, 0.2) is 0 Å². The van der Waals surface area contributed by atoms with Crippen LogP contribution in [0.4, 0.5) is 0 Å². The fourth-order valence-corrected chi connectivity index (χ4v) is 2.74. The monoisotopic (exact) mass is 325 g/mol. The number of carbonyl (C=O) groups is 1. The smallest absolute Gasteiger partial charge is 0.221 e. The number of benzene rings is 1. The maximum atomic E-state index is 11.4. The van der Waals surface area contributed by atoms with Crippen LogP contribution in [-0.2, 0) is 17.9 Å². The van der Waals surface area contributed by atoms with E-state index in [0.29, 0.717) is 19.5 Å². The number of likely N-dealkylation sites (tertiary alicyclic amines) is 1. The predicted molar refractivity (Wildman–Crippen MR) is 92.9 cm³/mol. The number of nitrogens with zero attached hydrogens (tertiary/aromatic N) is 1. The molecule has 1 amide bonds. The second-order valence-electron chi connectivity index (χ2n) is 6.09. The van der Waals surface area contributed by atoms with Crippen molar-refractivity contribution in [1.82, 2.24) is 10.2 Å². The zero-order chi connectivity index (χ0) is 15.1. The Labute approximate surface area is 139 Å². The normalized spacial score (nSPS) is 16.1. The van der Waals surface area contributed by atoms with Crippen LogP contribution in [0.15, 0.2) is 24.3 Å². The molecule has 0 saturated carbocycles. The van der Waals surface area contributed by atoms with Crippen molar-refractivity contribution in [3.63, 3.8) is 0 Å². The SMILES string of the molecule is CC1CCN(Cc2cccc(CNC(=O)CCN)c2)CC1.Cl. The Hall–Kier alpha value is -1.10. The molecule has 4 nitrogen and oxygen atoms in total. The summed E-state index contributed by atoms with van der Waals surface area (Å²) < 4.78 is 0. The summed E-state index contributed by atoms with van der Waals surface area (Å²) in [5.74, 6) is 0.887. The number of rotatable bonds is 6. The van der Waals surface area contributed by atoms with Gasteiger partial charge in [-0.2, -0.15) is 0 Å². The third kappa shape index (κ3) is 6.34. The van der Waals surface area contributed by atoms with Crippen molar-refractivity contribution >= 4 is 18.3 Å². The zero-order valence-corrected chi connectivity index (χ0v) is 14.2. The molecule has 1 aromatic rings. The molecular weight excluding hydrogens is 298 g/mol. The number of nitrogens with one attached hydrogen (secondary N) is 1. The first-order chi connectivity index (χ1) is 10.2. The van der Waals surface area contributed by atoms with Gasteiger partial charge in [-0.25, -0.2) is 0 Å². The molecule has 0 radical (unpaired) electrons. The largest absolute Gasteiger partial charge is 0.352 e. The van der Waals surface area contributed by atoms with Gasteiger partial charge in [-0.3, -0.25) is 9.69 Å². The van der Waals surface area contributed by atoms with Gasteiger partial charge < -0.3 is 11.1 Å². The molecule has 1 aromatic carbocycles. The lowest BCUT2D eigenvalue weighted by Gasteiger charge is -2.30. The van der Waals surface area contributed by atoms with E-state index in [1.165, 1.54) is 31.5 Å². The highest BCUT2D eigenvalue weighted by Crippen LogP contribution is 2.18. The summed E-state index contributed by atoms with van der Waals surface area (Å²) in [6.07, 6.45) is 3.00. The van der Waals surface area contributed by atoms with Crippen LogP contribution in [0, 0.1) is 5.92 Å². The predicted octanol–water partition coefficient (Wildman–Crippen LogP) is 2.31. The molecule has 124 valence electrons. The van der Waals surface area contributed by atoms with E-state index in [2.05, 4.69) is 41.4 Å². The van der Waals surface area contributed by atoms with Crippen LogP contribution in [0.3, 0.4) is 0 Å². The van der Waals surface area contributed by atoms with Crippen LogP contribution >= 0.6 is 12.4 Å². The molecule has 2 rings (SSSR count). The van der Waals surface area contributed by atoms with Gasteiger partial charge in [-0.1, -0.05) is 31.2 Å². The summed E-state index contributed by atoms with van der Waals surface area (Å²) in [4.78, 5) is 14.0. The lowest BCUT2D eigenvalue weighted by molar-refractivity contribution is -0.121. The first-order valence-corrected chi connectivity index (χ1v) is 7.94. The lowest BCUT2D eigenvalue weighted by atomic mass is 9.98. The van der Waals surface area contributed by atoms with Gasteiger partial charge >= 0.3 is 0 Å². The van der Waals surface area contributed by atoms with Crippen molar-refractivity contribution < 1.29 is 4.79 Å². The molecule has 0 aliphatic carbocycles. The lowest BCUT2D eigenvalue weighted by Crippen LogP contribution is -2.32. The van der Waals surface area contributed by atoms with E-state index < -0.39 is 0 Å². The highest BCUT2D eigenvalue weighted by molar-refractivity contribution is 5.85. The summed E-state index contributed by atoms with van der Waals surface area (Å²) in [6, 6.07) is 8.50. The highest BCUT2D eigenvalue weighted by atomic mass is 35.5. The minimum Gasteiger partial charge on any atom is -0.352 e. The molecule has 3 N–H and O–H groups in total. The van der Waals surface area contributed by atoms with Gasteiger partial charge in [0.1, 0.15) is 0 Å². The number of hydrogen-bond donors (Lipinski definition) is 2. The molecule has 1 aliphatic heterocycles. The van der Waals surface area contributed by atoms with Crippen LogP contribution in [0.1, 0.15) is 37.3 Å². The van der Waals surface area contributed by atoms with Crippen molar-refractivity contribution in [2.24, 2.45) is 11.7 Å². The number of halogens is 1. The Morgan fingerprint density at radius 2 is 2.00 bits per heavy atom. The molecule has 0 spiro atoms. The number of carbonyl (C=O) groups excluding carboxylic acids is 1. The summed E-state index contributed by atoms with van der Waals surface area (Å²) in [6.45, 7) is 6.72. The van der Waals surface area contributed by atoms with Gasteiger partial charge in [0.2, 0.25) is 5.91 Å². The van der Waals surface area contributed by atoms with E-state index >= 15 is 0 Å². The van der Waals surface area contributed by atoms with Crippen molar-refractivity contribution in [2.45, 2.75) is 39.3 Å². The van der Waals surface area contributed by atoms with Crippen LogP contribution in [0.25, 0.3) is 0 Å². The average molecular weight is 326 g/mol. The van der Waals surface area contributed by atoms with Crippen molar-refractivity contribution in [3.8, 4) is 0 Å². The van der Waals surface area contributed by atoms with E-state index in [0.717, 1.165) is 18.0 Å². The number of amides is 1. The quantitative estimate of drug-likeness (QED) is 0.843. The number of nitrogens with two attached hydrogens (primary N) is 1. The molecule has 1 heterocycles. The first-order valence-electron chi connectivity index (χ1n) is 7.94. The number of hydrogen-bond acceptors (Lipinski definition) is 3. The molecule has 1 aliphatic rings. The molecule has 0 bridgehead atoms. The van der Waals surface area contributed by atoms with Crippen molar-refractivity contribution in [2.75, 3.05) is 19.6 Å². The van der Waals surface area contributed by atoms with E-state index in [9.17, 15) is 4.79 Å². The van der Waals surface area contributed by atoms with Gasteiger partial charge in [0.25, 0.3) is 0 Å². The van der Waals surface area contributed by atoms with E-state index in [4.69, 9.17) is 5.73 Å². The third-order valence-corrected chi connectivity index (χ3v) is 4.13. The first kappa shape index (κ1) is 18.9.